The molecule has 2 heterocycles. The van der Waals surface area contributed by atoms with Crippen molar-refractivity contribution in [1.82, 2.24) is 0 Å². The van der Waals surface area contributed by atoms with Gasteiger partial charge in [0.2, 0.25) is 0 Å². The first-order valence-electron chi connectivity index (χ1n) is 17.2. The van der Waals surface area contributed by atoms with E-state index in [1.165, 1.54) is 154 Å². The molecular weight excluding hydrogens is 456 g/mol. The summed E-state index contributed by atoms with van der Waals surface area (Å²) in [5.41, 5.74) is -0.145. The number of unbranched alkanes of at least 4 members (excludes halogenated alkanes) is 10. The standard InChI is InChI=1S/C34H62O3/c1-3-5-7-9-11-19-25-33(31-27-35-31,29-21-15-13-16-22-29)37-34(32-28-36-32,30-23-17-14-18-24-30)26-20-12-10-8-6-4-2/h29-32H,3-28H2,1-2H3. The highest BCUT2D eigenvalue weighted by Gasteiger charge is 2.61. The zero-order chi connectivity index (χ0) is 25.8. The van der Waals surface area contributed by atoms with E-state index >= 15 is 0 Å². The van der Waals surface area contributed by atoms with Gasteiger partial charge in [-0.2, -0.15) is 0 Å². The molecule has 0 spiro atoms. The summed E-state index contributed by atoms with van der Waals surface area (Å²) in [7, 11) is 0. The maximum absolute atomic E-state index is 7.96. The molecule has 2 aliphatic heterocycles. The van der Waals surface area contributed by atoms with Crippen LogP contribution in [-0.2, 0) is 14.2 Å². The van der Waals surface area contributed by atoms with Gasteiger partial charge >= 0.3 is 0 Å². The van der Waals surface area contributed by atoms with Gasteiger partial charge < -0.3 is 14.2 Å². The second kappa shape index (κ2) is 15.6. The number of rotatable bonds is 20. The molecule has 4 aliphatic rings. The average Bonchev–Trinajstić information content (AvgIpc) is 3.85. The van der Waals surface area contributed by atoms with E-state index in [0.717, 1.165) is 13.2 Å². The first kappa shape index (κ1) is 29.9. The van der Waals surface area contributed by atoms with Gasteiger partial charge in [-0.05, 0) is 50.4 Å². The van der Waals surface area contributed by atoms with E-state index in [-0.39, 0.29) is 11.2 Å². The van der Waals surface area contributed by atoms with Gasteiger partial charge in [-0.3, -0.25) is 0 Å². The van der Waals surface area contributed by atoms with Crippen molar-refractivity contribution in [2.45, 2.75) is 191 Å². The fraction of sp³-hybridized carbons (Fsp3) is 1.00. The maximum Gasteiger partial charge on any atom is 0.110 e. The minimum atomic E-state index is -0.0726. The number of ether oxygens (including phenoxy) is 3. The van der Waals surface area contributed by atoms with Crippen molar-refractivity contribution in [3.8, 4) is 0 Å². The lowest BCUT2D eigenvalue weighted by molar-refractivity contribution is -0.235. The first-order chi connectivity index (χ1) is 18.2. The molecule has 2 aliphatic carbocycles. The maximum atomic E-state index is 7.96. The summed E-state index contributed by atoms with van der Waals surface area (Å²) in [4.78, 5) is 0. The van der Waals surface area contributed by atoms with E-state index in [2.05, 4.69) is 13.8 Å². The SMILES string of the molecule is CCCCCCCCC(OC(CCCCCCCC)(C1CCCCC1)C1CO1)(C1CCCCC1)C1CO1. The zero-order valence-corrected chi connectivity index (χ0v) is 24.9. The lowest BCUT2D eigenvalue weighted by Gasteiger charge is -2.52. The van der Waals surface area contributed by atoms with Crippen LogP contribution in [0.3, 0.4) is 0 Å². The minimum absolute atomic E-state index is 0.0726. The van der Waals surface area contributed by atoms with Crippen molar-refractivity contribution < 1.29 is 14.2 Å². The van der Waals surface area contributed by atoms with E-state index in [4.69, 9.17) is 14.2 Å². The molecule has 0 radical (unpaired) electrons. The zero-order valence-electron chi connectivity index (χ0n) is 24.9. The van der Waals surface area contributed by atoms with Crippen LogP contribution < -0.4 is 0 Å². The van der Waals surface area contributed by atoms with Crippen molar-refractivity contribution in [3.05, 3.63) is 0 Å². The summed E-state index contributed by atoms with van der Waals surface area (Å²) in [6.45, 7) is 6.49. The summed E-state index contributed by atoms with van der Waals surface area (Å²) in [5, 5.41) is 0. The Balaban J connectivity index is 1.53. The van der Waals surface area contributed by atoms with Gasteiger partial charge in [0, 0.05) is 0 Å². The molecule has 3 nitrogen and oxygen atoms in total. The normalized spacial score (nSPS) is 28.1. The van der Waals surface area contributed by atoms with Gasteiger partial charge in [0.25, 0.3) is 0 Å². The summed E-state index contributed by atoms with van der Waals surface area (Å²) in [6.07, 6.45) is 33.2. The van der Waals surface area contributed by atoms with Crippen LogP contribution in [0.15, 0.2) is 0 Å². The smallest absolute Gasteiger partial charge is 0.110 e. The second-order valence-electron chi connectivity index (χ2n) is 13.4. The summed E-state index contributed by atoms with van der Waals surface area (Å²) >= 11 is 0. The summed E-state index contributed by atoms with van der Waals surface area (Å²) in [6, 6.07) is 0. The third-order valence-corrected chi connectivity index (χ3v) is 10.6. The van der Waals surface area contributed by atoms with Crippen LogP contribution in [0.1, 0.15) is 168 Å². The number of hydrogen-bond donors (Lipinski definition) is 0. The molecule has 216 valence electrons. The van der Waals surface area contributed by atoms with Gasteiger partial charge in [0.05, 0.1) is 13.2 Å². The van der Waals surface area contributed by atoms with Crippen LogP contribution in [0.2, 0.25) is 0 Å². The topological polar surface area (TPSA) is 34.3 Å². The molecule has 4 atom stereocenters. The molecule has 0 amide bonds. The predicted octanol–water partition coefficient (Wildman–Crippen LogP) is 9.94. The molecule has 0 N–H and O–H groups in total. The molecule has 4 rings (SSSR count). The highest BCUT2D eigenvalue weighted by atomic mass is 16.6. The average molecular weight is 519 g/mol. The van der Waals surface area contributed by atoms with Crippen LogP contribution in [-0.4, -0.2) is 36.6 Å². The monoisotopic (exact) mass is 518 g/mol. The van der Waals surface area contributed by atoms with Crippen molar-refractivity contribution >= 4 is 0 Å². The Morgan fingerprint density at radius 2 is 0.865 bits per heavy atom. The molecule has 0 aromatic heterocycles. The molecule has 0 aromatic carbocycles. The van der Waals surface area contributed by atoms with E-state index in [1.807, 2.05) is 0 Å². The molecule has 2 saturated heterocycles. The first-order valence-corrected chi connectivity index (χ1v) is 17.2. The third kappa shape index (κ3) is 8.43. The third-order valence-electron chi connectivity index (χ3n) is 10.6. The fourth-order valence-corrected chi connectivity index (χ4v) is 8.22. The van der Waals surface area contributed by atoms with Gasteiger partial charge in [-0.15, -0.1) is 0 Å². The Bertz CT molecular complexity index is 550. The summed E-state index contributed by atoms with van der Waals surface area (Å²) in [5.74, 6) is 1.35. The molecule has 0 aromatic rings. The molecular formula is C34H62O3. The van der Waals surface area contributed by atoms with Crippen molar-refractivity contribution in [2.24, 2.45) is 11.8 Å². The lowest BCUT2D eigenvalue weighted by Crippen LogP contribution is -2.58. The van der Waals surface area contributed by atoms with E-state index in [0.29, 0.717) is 24.0 Å². The van der Waals surface area contributed by atoms with Crippen LogP contribution in [0.25, 0.3) is 0 Å². The van der Waals surface area contributed by atoms with Gasteiger partial charge in [0.1, 0.15) is 23.4 Å². The van der Waals surface area contributed by atoms with E-state index in [9.17, 15) is 0 Å². The number of hydrogen-bond acceptors (Lipinski definition) is 3. The van der Waals surface area contributed by atoms with Crippen LogP contribution >= 0.6 is 0 Å². The Kier molecular flexibility index (Phi) is 12.6. The molecule has 3 heteroatoms. The van der Waals surface area contributed by atoms with Crippen LogP contribution in [0.5, 0.6) is 0 Å². The van der Waals surface area contributed by atoms with E-state index < -0.39 is 0 Å². The predicted molar refractivity (Wildman–Crippen MR) is 155 cm³/mol. The van der Waals surface area contributed by atoms with Crippen LogP contribution in [0, 0.1) is 11.8 Å². The van der Waals surface area contributed by atoms with Crippen molar-refractivity contribution in [1.29, 1.82) is 0 Å². The molecule has 4 unspecified atom stereocenters. The Labute approximate surface area is 230 Å². The van der Waals surface area contributed by atoms with Crippen LogP contribution in [0.4, 0.5) is 0 Å². The largest absolute Gasteiger partial charge is 0.370 e. The second-order valence-corrected chi connectivity index (χ2v) is 13.4. The Hall–Kier alpha value is -0.120. The van der Waals surface area contributed by atoms with Gasteiger partial charge in [0.15, 0.2) is 0 Å². The quantitative estimate of drug-likeness (QED) is 0.119. The number of epoxide rings is 2. The lowest BCUT2D eigenvalue weighted by atomic mass is 9.69. The minimum Gasteiger partial charge on any atom is -0.370 e. The van der Waals surface area contributed by atoms with Gasteiger partial charge in [-0.1, -0.05) is 129 Å². The Morgan fingerprint density at radius 1 is 0.514 bits per heavy atom. The Morgan fingerprint density at radius 3 is 1.22 bits per heavy atom. The van der Waals surface area contributed by atoms with Crippen molar-refractivity contribution in [3.63, 3.8) is 0 Å². The molecule has 37 heavy (non-hydrogen) atoms. The molecule has 0 bridgehead atoms. The molecule has 2 saturated carbocycles. The van der Waals surface area contributed by atoms with Gasteiger partial charge in [-0.25, -0.2) is 0 Å². The summed E-state index contributed by atoms with van der Waals surface area (Å²) < 4.78 is 20.5. The van der Waals surface area contributed by atoms with E-state index in [1.54, 1.807) is 0 Å². The van der Waals surface area contributed by atoms with Crippen molar-refractivity contribution in [2.75, 3.05) is 13.2 Å². The fourth-order valence-electron chi connectivity index (χ4n) is 8.22. The molecule has 4 fully saturated rings. The highest BCUT2D eigenvalue weighted by molar-refractivity contribution is 5.09. The highest BCUT2D eigenvalue weighted by Crippen LogP contribution is 2.54.